The number of carbonyl (C=O) groups excluding carboxylic acids is 1. The highest BCUT2D eigenvalue weighted by Gasteiger charge is 2.24. The number of aliphatic hydroxyl groups is 1. The predicted molar refractivity (Wildman–Crippen MR) is 156 cm³/mol. The monoisotopic (exact) mass is 535 g/mol. The largest absolute Gasteiger partial charge is 0.387 e. The fraction of sp³-hybridized carbons (Fsp3) is 0.567. The van der Waals surface area contributed by atoms with Gasteiger partial charge in [-0.3, -0.25) is 9.35 Å². The SMILES string of the molecule is CC/C=C\C/C=C\C/C=C\C/C=C\C/C=C\CCCC(=O)NC(CS(=O)(=O)O)C(O)/C=C/CCCCC. The Bertz CT molecular complexity index is 853. The van der Waals surface area contributed by atoms with Gasteiger partial charge in [-0.25, -0.2) is 0 Å². The molecule has 2 atom stereocenters. The number of hydrogen-bond acceptors (Lipinski definition) is 4. The van der Waals surface area contributed by atoms with Crippen molar-refractivity contribution in [2.75, 3.05) is 5.75 Å². The number of hydrogen-bond donors (Lipinski definition) is 3. The van der Waals surface area contributed by atoms with Gasteiger partial charge in [-0.05, 0) is 57.8 Å². The lowest BCUT2D eigenvalue weighted by atomic mass is 10.1. The Morgan fingerprint density at radius 1 is 0.757 bits per heavy atom. The van der Waals surface area contributed by atoms with Crippen molar-refractivity contribution < 1.29 is 22.9 Å². The van der Waals surface area contributed by atoms with Crippen molar-refractivity contribution >= 4 is 16.0 Å². The number of allylic oxidation sites excluding steroid dienone is 11. The molecule has 6 nitrogen and oxygen atoms in total. The minimum absolute atomic E-state index is 0.212. The Kier molecular flexibility index (Phi) is 22.7. The molecule has 0 aromatic rings. The highest BCUT2D eigenvalue weighted by molar-refractivity contribution is 7.85. The van der Waals surface area contributed by atoms with Gasteiger partial charge in [0.25, 0.3) is 10.1 Å². The molecule has 0 saturated carbocycles. The minimum atomic E-state index is -4.34. The normalized spacial score (nSPS) is 14.8. The molecular formula is C30H49NO5S. The predicted octanol–water partition coefficient (Wildman–Crippen LogP) is 6.78. The molecule has 7 heteroatoms. The van der Waals surface area contributed by atoms with Gasteiger partial charge in [0.15, 0.2) is 0 Å². The van der Waals surface area contributed by atoms with Crippen LogP contribution >= 0.6 is 0 Å². The van der Waals surface area contributed by atoms with Crippen molar-refractivity contribution in [3.8, 4) is 0 Å². The van der Waals surface area contributed by atoms with E-state index < -0.39 is 28.0 Å². The molecule has 0 radical (unpaired) electrons. The summed E-state index contributed by atoms with van der Waals surface area (Å²) in [4.78, 5) is 12.2. The van der Waals surface area contributed by atoms with Crippen LogP contribution in [0.4, 0.5) is 0 Å². The van der Waals surface area contributed by atoms with E-state index in [0.717, 1.165) is 64.2 Å². The van der Waals surface area contributed by atoms with Crippen LogP contribution in [-0.4, -0.2) is 41.9 Å². The molecule has 0 aromatic heterocycles. The van der Waals surface area contributed by atoms with Crippen LogP contribution in [0.25, 0.3) is 0 Å². The van der Waals surface area contributed by atoms with Gasteiger partial charge in [0.05, 0.1) is 17.9 Å². The molecule has 210 valence electrons. The highest BCUT2D eigenvalue weighted by Crippen LogP contribution is 2.06. The number of unbranched alkanes of at least 4 members (excludes halogenated alkanes) is 4. The van der Waals surface area contributed by atoms with E-state index in [1.165, 1.54) is 6.08 Å². The van der Waals surface area contributed by atoms with Crippen LogP contribution in [0.3, 0.4) is 0 Å². The van der Waals surface area contributed by atoms with Crippen LogP contribution in [0.15, 0.2) is 72.9 Å². The number of rotatable bonds is 22. The Morgan fingerprint density at radius 2 is 1.27 bits per heavy atom. The molecule has 0 saturated heterocycles. The Balaban J connectivity index is 4.18. The van der Waals surface area contributed by atoms with Crippen LogP contribution in [-0.2, 0) is 14.9 Å². The zero-order valence-corrected chi connectivity index (χ0v) is 23.6. The first kappa shape index (κ1) is 34.8. The lowest BCUT2D eigenvalue weighted by Crippen LogP contribution is -2.46. The second-order valence-corrected chi connectivity index (χ2v) is 10.4. The first-order chi connectivity index (χ1) is 17.8. The maximum atomic E-state index is 12.2. The third-order valence-corrected chi connectivity index (χ3v) is 6.17. The molecule has 0 fully saturated rings. The van der Waals surface area contributed by atoms with Gasteiger partial charge in [-0.2, -0.15) is 8.42 Å². The number of aliphatic hydroxyl groups excluding tert-OH is 1. The Labute approximate surface area is 225 Å². The van der Waals surface area contributed by atoms with Gasteiger partial charge >= 0.3 is 0 Å². The lowest BCUT2D eigenvalue weighted by Gasteiger charge is -2.21. The average Bonchev–Trinajstić information content (AvgIpc) is 2.84. The molecule has 0 bridgehead atoms. The van der Waals surface area contributed by atoms with Crippen LogP contribution in [0.2, 0.25) is 0 Å². The maximum absolute atomic E-state index is 12.2. The summed E-state index contributed by atoms with van der Waals surface area (Å²) >= 11 is 0. The molecule has 1 amide bonds. The van der Waals surface area contributed by atoms with E-state index in [9.17, 15) is 22.9 Å². The standard InChI is InChI=1S/C30H49NO5S/c1-3-5-7-9-10-11-12-13-14-15-16-17-18-19-20-22-24-26-30(33)31-28(27-37(34,35)36)29(32)25-23-21-8-6-4-2/h5,7,10-11,13-14,16-17,19-20,23,25,28-29,32H,3-4,6,8-9,12,15,18,21-22,24,26-27H2,1-2H3,(H,31,33)(H,34,35,36)/b7-5-,11-10-,14-13-,17-16-,20-19-,25-23+. The fourth-order valence-electron chi connectivity index (χ4n) is 3.36. The first-order valence-corrected chi connectivity index (χ1v) is 15.2. The third-order valence-electron chi connectivity index (χ3n) is 5.39. The number of amides is 1. The van der Waals surface area contributed by atoms with Crippen LogP contribution < -0.4 is 5.32 Å². The van der Waals surface area contributed by atoms with Gasteiger partial charge < -0.3 is 10.4 Å². The van der Waals surface area contributed by atoms with Crippen LogP contribution in [0, 0.1) is 0 Å². The first-order valence-electron chi connectivity index (χ1n) is 13.6. The van der Waals surface area contributed by atoms with Crippen LogP contribution in [0.1, 0.15) is 90.9 Å². The smallest absolute Gasteiger partial charge is 0.267 e. The summed E-state index contributed by atoms with van der Waals surface area (Å²) in [7, 11) is -4.34. The molecule has 3 N–H and O–H groups in total. The van der Waals surface area contributed by atoms with Crippen molar-refractivity contribution in [2.45, 2.75) is 103 Å². The fourth-order valence-corrected chi connectivity index (χ4v) is 4.10. The van der Waals surface area contributed by atoms with E-state index in [1.54, 1.807) is 6.08 Å². The van der Waals surface area contributed by atoms with Crippen molar-refractivity contribution in [1.29, 1.82) is 0 Å². The lowest BCUT2D eigenvalue weighted by molar-refractivity contribution is -0.122. The summed E-state index contributed by atoms with van der Waals surface area (Å²) in [6.07, 6.45) is 33.6. The molecule has 0 spiro atoms. The topological polar surface area (TPSA) is 104 Å². The summed E-state index contributed by atoms with van der Waals surface area (Å²) in [5, 5.41) is 12.8. The summed E-state index contributed by atoms with van der Waals surface area (Å²) in [6.45, 7) is 4.23. The Hall–Kier alpha value is -2.22. The average molecular weight is 536 g/mol. The quantitative estimate of drug-likeness (QED) is 0.0805. The van der Waals surface area contributed by atoms with E-state index in [2.05, 4.69) is 73.8 Å². The second-order valence-electron chi connectivity index (χ2n) is 8.94. The zero-order chi connectivity index (χ0) is 27.6. The van der Waals surface area contributed by atoms with E-state index >= 15 is 0 Å². The van der Waals surface area contributed by atoms with Crippen molar-refractivity contribution in [3.63, 3.8) is 0 Å². The molecule has 0 aliphatic rings. The molecule has 0 rings (SSSR count). The van der Waals surface area contributed by atoms with E-state index in [0.29, 0.717) is 6.42 Å². The minimum Gasteiger partial charge on any atom is -0.387 e. The number of carbonyl (C=O) groups is 1. The van der Waals surface area contributed by atoms with Gasteiger partial charge in [-0.1, -0.05) is 99.6 Å². The van der Waals surface area contributed by atoms with Crippen molar-refractivity contribution in [3.05, 3.63) is 72.9 Å². The molecule has 0 aliphatic heterocycles. The van der Waals surface area contributed by atoms with Crippen molar-refractivity contribution in [1.82, 2.24) is 5.32 Å². The maximum Gasteiger partial charge on any atom is 0.267 e. The van der Waals surface area contributed by atoms with E-state index in [4.69, 9.17) is 0 Å². The summed E-state index contributed by atoms with van der Waals surface area (Å²) in [5.74, 6) is -1.08. The van der Waals surface area contributed by atoms with Gasteiger partial charge in [0, 0.05) is 6.42 Å². The van der Waals surface area contributed by atoms with Gasteiger partial charge in [0.2, 0.25) is 5.91 Å². The molecule has 37 heavy (non-hydrogen) atoms. The Morgan fingerprint density at radius 3 is 1.78 bits per heavy atom. The van der Waals surface area contributed by atoms with Gasteiger partial charge in [0.1, 0.15) is 0 Å². The third kappa shape index (κ3) is 25.2. The molecule has 0 heterocycles. The number of nitrogens with one attached hydrogen (secondary N) is 1. The summed E-state index contributed by atoms with van der Waals surface area (Å²) < 4.78 is 31.8. The molecular weight excluding hydrogens is 486 g/mol. The zero-order valence-electron chi connectivity index (χ0n) is 22.8. The molecule has 2 unspecified atom stereocenters. The van der Waals surface area contributed by atoms with Gasteiger partial charge in [-0.15, -0.1) is 0 Å². The highest BCUT2D eigenvalue weighted by atomic mass is 32.2. The van der Waals surface area contributed by atoms with E-state index in [1.807, 2.05) is 6.08 Å². The summed E-state index contributed by atoms with van der Waals surface area (Å²) in [5.41, 5.74) is 0. The van der Waals surface area contributed by atoms with Crippen LogP contribution in [0.5, 0.6) is 0 Å². The van der Waals surface area contributed by atoms with Crippen molar-refractivity contribution in [2.24, 2.45) is 0 Å². The second kappa shape index (κ2) is 24.1. The molecule has 0 aliphatic carbocycles. The van der Waals surface area contributed by atoms with E-state index in [-0.39, 0.29) is 12.3 Å². The molecule has 0 aromatic carbocycles. The summed E-state index contributed by atoms with van der Waals surface area (Å²) in [6, 6.07) is -1.08.